The normalized spacial score (nSPS) is 17.4. The number of fused-ring (bicyclic) bond motifs is 1. The van der Waals surface area contributed by atoms with Gasteiger partial charge in [0, 0.05) is 11.0 Å². The molecule has 0 spiro atoms. The number of halogens is 2. The highest BCUT2D eigenvalue weighted by Gasteiger charge is 2.38. The van der Waals surface area contributed by atoms with Crippen LogP contribution in [0.2, 0.25) is 0 Å². The Labute approximate surface area is 146 Å². The van der Waals surface area contributed by atoms with Gasteiger partial charge in [-0.2, -0.15) is 0 Å². The van der Waals surface area contributed by atoms with Crippen LogP contribution in [0.4, 0.5) is 8.78 Å². The number of benzene rings is 1. The summed E-state index contributed by atoms with van der Waals surface area (Å²) in [5.74, 6) is -2.21. The van der Waals surface area contributed by atoms with Crippen LogP contribution in [-0.2, 0) is 14.6 Å². The second kappa shape index (κ2) is 6.20. The number of rotatable bonds is 3. The smallest absolute Gasteiger partial charge is 0.372 e. The van der Waals surface area contributed by atoms with E-state index in [1.807, 2.05) is 0 Å². The molecule has 2 aromatic rings. The molecule has 1 aromatic carbocycles. The topological polar surface area (TPSA) is 94.3 Å². The second-order valence-electron chi connectivity index (χ2n) is 5.72. The fourth-order valence-electron chi connectivity index (χ4n) is 2.80. The highest BCUT2D eigenvalue weighted by atomic mass is 32.2. The quantitative estimate of drug-likeness (QED) is 0.756. The number of allylic oxidation sites excluding steroid dienone is 2. The standard InChI is InChI=1S/C16H14F2N2O5S/c1-9-16(26(23,24)11-5-3-10(25-2)4-6-11)20(22)15-8-13(18)12(17)7-14(15)19(9)21/h3-5,7-8,11H,6H2,1-2H3. The number of aromatic nitrogens is 2. The molecule has 0 bridgehead atoms. The zero-order valence-corrected chi connectivity index (χ0v) is 14.6. The minimum Gasteiger partial charge on any atom is -0.805 e. The van der Waals surface area contributed by atoms with Crippen molar-refractivity contribution in [3.8, 4) is 0 Å². The van der Waals surface area contributed by atoms with E-state index in [1.54, 1.807) is 0 Å². The molecule has 0 saturated heterocycles. The van der Waals surface area contributed by atoms with Crippen molar-refractivity contribution in [1.82, 2.24) is 4.73 Å². The van der Waals surface area contributed by atoms with E-state index in [0.29, 0.717) is 17.9 Å². The van der Waals surface area contributed by atoms with E-state index in [0.717, 1.165) is 6.92 Å². The average molecular weight is 384 g/mol. The maximum absolute atomic E-state index is 13.5. The third kappa shape index (κ3) is 2.66. The molecule has 10 heteroatoms. The molecule has 1 atom stereocenters. The fraction of sp³-hybridized carbons (Fsp3) is 0.250. The van der Waals surface area contributed by atoms with Gasteiger partial charge in [0.1, 0.15) is 17.0 Å². The number of nitrogens with zero attached hydrogens (tertiary/aromatic N) is 2. The van der Waals surface area contributed by atoms with Crippen LogP contribution in [-0.4, -0.2) is 25.5 Å². The van der Waals surface area contributed by atoms with E-state index in [4.69, 9.17) is 4.74 Å². The Morgan fingerprint density at radius 2 is 1.96 bits per heavy atom. The second-order valence-corrected chi connectivity index (χ2v) is 7.81. The Hall–Kier alpha value is -2.75. The van der Waals surface area contributed by atoms with Crippen molar-refractivity contribution in [2.75, 3.05) is 7.11 Å². The summed E-state index contributed by atoms with van der Waals surface area (Å²) in [5, 5.41) is 10.5. The monoisotopic (exact) mass is 384 g/mol. The maximum Gasteiger partial charge on any atom is 0.372 e. The summed E-state index contributed by atoms with van der Waals surface area (Å²) in [6, 6.07) is 1.06. The number of methoxy groups -OCH3 is 1. The van der Waals surface area contributed by atoms with E-state index in [1.165, 1.54) is 25.3 Å². The fourth-order valence-corrected chi connectivity index (χ4v) is 4.55. The first-order valence-electron chi connectivity index (χ1n) is 7.49. The number of ether oxygens (including phenoxy) is 1. The lowest BCUT2D eigenvalue weighted by Crippen LogP contribution is -2.34. The molecule has 1 aliphatic carbocycles. The highest BCUT2D eigenvalue weighted by molar-refractivity contribution is 7.92. The Kier molecular flexibility index (Phi) is 4.31. The van der Waals surface area contributed by atoms with E-state index in [-0.39, 0.29) is 15.6 Å². The number of hydrogen-bond donors (Lipinski definition) is 0. The third-order valence-corrected chi connectivity index (χ3v) is 6.33. The van der Waals surface area contributed by atoms with Crippen molar-refractivity contribution >= 4 is 20.9 Å². The molecule has 0 saturated carbocycles. The van der Waals surface area contributed by atoms with E-state index >= 15 is 0 Å². The summed E-state index contributed by atoms with van der Waals surface area (Å²) >= 11 is 0. The molecule has 7 nitrogen and oxygen atoms in total. The molecule has 0 N–H and O–H groups in total. The first-order valence-corrected chi connectivity index (χ1v) is 9.03. The Morgan fingerprint density at radius 3 is 2.54 bits per heavy atom. The van der Waals surface area contributed by atoms with Gasteiger partial charge in [0.25, 0.3) is 15.4 Å². The molecule has 0 fully saturated rings. The third-order valence-electron chi connectivity index (χ3n) is 4.18. The number of hydrogen-bond acceptors (Lipinski definition) is 5. The summed E-state index contributed by atoms with van der Waals surface area (Å²) in [6.07, 6.45) is 4.36. The van der Waals surface area contributed by atoms with Crippen LogP contribution in [0, 0.1) is 28.7 Å². The van der Waals surface area contributed by atoms with E-state index < -0.39 is 48.5 Å². The molecule has 1 aromatic heterocycles. The molecule has 0 aliphatic heterocycles. The largest absolute Gasteiger partial charge is 0.805 e. The van der Waals surface area contributed by atoms with Gasteiger partial charge in [-0.1, -0.05) is 6.08 Å². The van der Waals surface area contributed by atoms with Gasteiger partial charge in [0.15, 0.2) is 11.6 Å². The molecule has 26 heavy (non-hydrogen) atoms. The number of sulfone groups is 1. The van der Waals surface area contributed by atoms with Crippen molar-refractivity contribution in [3.05, 3.63) is 63.6 Å². The molecule has 1 unspecified atom stereocenters. The molecule has 3 rings (SSSR count). The lowest BCUT2D eigenvalue weighted by molar-refractivity contribution is -0.512. The molecule has 0 radical (unpaired) electrons. The Bertz CT molecular complexity index is 1140. The van der Waals surface area contributed by atoms with Gasteiger partial charge in [0.2, 0.25) is 0 Å². The van der Waals surface area contributed by atoms with Gasteiger partial charge in [-0.3, -0.25) is 0 Å². The van der Waals surface area contributed by atoms with Gasteiger partial charge in [-0.05, 0) is 25.5 Å². The first kappa shape index (κ1) is 18.1. The van der Waals surface area contributed by atoms with Crippen LogP contribution in [0.1, 0.15) is 12.1 Å². The van der Waals surface area contributed by atoms with Crippen LogP contribution in [0.5, 0.6) is 0 Å². The van der Waals surface area contributed by atoms with Crippen LogP contribution >= 0.6 is 0 Å². The van der Waals surface area contributed by atoms with Gasteiger partial charge >= 0.3 is 5.03 Å². The van der Waals surface area contributed by atoms with Gasteiger partial charge in [-0.15, -0.1) is 0 Å². The maximum atomic E-state index is 13.5. The summed E-state index contributed by atoms with van der Waals surface area (Å²) in [6.45, 7) is 1.14. The van der Waals surface area contributed by atoms with Crippen molar-refractivity contribution in [1.29, 1.82) is 0 Å². The summed E-state index contributed by atoms with van der Waals surface area (Å²) < 4.78 is 57.8. The molecular formula is C16H14F2N2O5S. The van der Waals surface area contributed by atoms with E-state index in [2.05, 4.69) is 0 Å². The van der Waals surface area contributed by atoms with Crippen LogP contribution < -0.4 is 4.43 Å². The molecule has 1 heterocycles. The molecular weight excluding hydrogens is 370 g/mol. The molecule has 138 valence electrons. The van der Waals surface area contributed by atoms with E-state index in [9.17, 15) is 27.3 Å². The Balaban J connectivity index is 2.26. The van der Waals surface area contributed by atoms with Crippen LogP contribution in [0.25, 0.3) is 11.0 Å². The molecule has 0 amide bonds. The SMILES string of the molecule is COC1=CCC(S(=O)(=O)c2c(C)n([O-])c3cc(F)c(F)cc3[n+]2=O)C=C1. The zero-order valence-electron chi connectivity index (χ0n) is 13.8. The molecule has 1 aliphatic rings. The average Bonchev–Trinajstić information content (AvgIpc) is 2.61. The lowest BCUT2D eigenvalue weighted by Gasteiger charge is -2.19. The van der Waals surface area contributed by atoms with Crippen LogP contribution in [0.15, 0.2) is 41.1 Å². The lowest BCUT2D eigenvalue weighted by atomic mass is 10.2. The minimum absolute atomic E-state index is 0.0378. The van der Waals surface area contributed by atoms with Gasteiger partial charge in [-0.25, -0.2) is 17.2 Å². The summed E-state index contributed by atoms with van der Waals surface area (Å²) in [4.78, 5) is 12.6. The van der Waals surface area contributed by atoms with Crippen molar-refractivity contribution in [3.63, 3.8) is 0 Å². The summed E-state index contributed by atoms with van der Waals surface area (Å²) in [7, 11) is -2.84. The van der Waals surface area contributed by atoms with Gasteiger partial charge in [0.05, 0.1) is 22.9 Å². The van der Waals surface area contributed by atoms with Crippen molar-refractivity contribution in [2.24, 2.45) is 0 Å². The minimum atomic E-state index is -4.27. The Morgan fingerprint density at radius 1 is 1.31 bits per heavy atom. The van der Waals surface area contributed by atoms with Crippen molar-refractivity contribution < 1.29 is 26.4 Å². The predicted molar refractivity (Wildman–Crippen MR) is 88.5 cm³/mol. The van der Waals surface area contributed by atoms with Crippen LogP contribution in [0.3, 0.4) is 0 Å². The van der Waals surface area contributed by atoms with Gasteiger partial charge < -0.3 is 14.7 Å². The predicted octanol–water partition coefficient (Wildman–Crippen LogP) is 2.12. The summed E-state index contributed by atoms with van der Waals surface area (Å²) in [5.41, 5.74) is -1.46. The van der Waals surface area contributed by atoms with Crippen molar-refractivity contribution in [2.45, 2.75) is 23.6 Å². The zero-order chi connectivity index (χ0) is 19.2. The highest BCUT2D eigenvalue weighted by Crippen LogP contribution is 2.26. The first-order chi connectivity index (χ1) is 12.2.